The molecule has 0 bridgehead atoms. The number of rotatable bonds is 5. The molecule has 24 heavy (non-hydrogen) atoms. The van der Waals surface area contributed by atoms with E-state index in [0.29, 0.717) is 16.5 Å². The molecule has 0 aliphatic carbocycles. The van der Waals surface area contributed by atoms with E-state index < -0.39 is 18.5 Å². The van der Waals surface area contributed by atoms with E-state index in [-0.39, 0.29) is 11.3 Å². The molecule has 0 unspecified atom stereocenters. The Bertz CT molecular complexity index is 776. The molecule has 126 valence electrons. The maximum atomic E-state index is 12.0. The van der Waals surface area contributed by atoms with E-state index in [1.807, 2.05) is 6.92 Å². The Hall–Kier alpha value is -2.73. The summed E-state index contributed by atoms with van der Waals surface area (Å²) in [5.74, 6) is -1.26. The van der Waals surface area contributed by atoms with Crippen LogP contribution >= 0.6 is 11.6 Å². The second-order valence-electron chi connectivity index (χ2n) is 4.99. The van der Waals surface area contributed by atoms with Gasteiger partial charge in [-0.15, -0.1) is 0 Å². The third-order valence-corrected chi connectivity index (χ3v) is 3.47. The summed E-state index contributed by atoms with van der Waals surface area (Å²) in [5.41, 5.74) is 1.29. The lowest BCUT2D eigenvalue weighted by Gasteiger charge is -2.10. The van der Waals surface area contributed by atoms with Gasteiger partial charge in [-0.25, -0.2) is 4.79 Å². The summed E-state index contributed by atoms with van der Waals surface area (Å²) in [6.07, 6.45) is 0. The summed E-state index contributed by atoms with van der Waals surface area (Å²) in [5, 5.41) is 12.6. The Morgan fingerprint density at radius 2 is 1.96 bits per heavy atom. The zero-order chi connectivity index (χ0) is 17.7. The molecule has 0 saturated heterocycles. The van der Waals surface area contributed by atoms with Gasteiger partial charge in [-0.1, -0.05) is 17.7 Å². The van der Waals surface area contributed by atoms with Crippen LogP contribution in [0.1, 0.15) is 15.9 Å². The highest BCUT2D eigenvalue weighted by molar-refractivity contribution is 6.33. The molecular weight excluding hydrogens is 334 g/mol. The fraction of sp³-hybridized carbons (Fsp3) is 0.176. The molecular formula is C17H16ClNO5. The third-order valence-electron chi connectivity index (χ3n) is 3.16. The molecule has 2 aromatic carbocycles. The summed E-state index contributed by atoms with van der Waals surface area (Å²) >= 11 is 6.02. The van der Waals surface area contributed by atoms with E-state index in [1.165, 1.54) is 25.3 Å². The molecule has 0 spiro atoms. The lowest BCUT2D eigenvalue weighted by atomic mass is 10.2. The predicted octanol–water partition coefficient (Wildman–Crippen LogP) is 3.16. The molecule has 2 rings (SSSR count). The van der Waals surface area contributed by atoms with Crippen LogP contribution in [-0.2, 0) is 9.53 Å². The first-order valence-electron chi connectivity index (χ1n) is 7.01. The van der Waals surface area contributed by atoms with Crippen molar-refractivity contribution in [2.45, 2.75) is 6.92 Å². The van der Waals surface area contributed by atoms with Crippen molar-refractivity contribution in [2.75, 3.05) is 19.0 Å². The van der Waals surface area contributed by atoms with Crippen LogP contribution in [0.4, 0.5) is 5.69 Å². The molecule has 0 aliphatic rings. The smallest absolute Gasteiger partial charge is 0.342 e. The second-order valence-corrected chi connectivity index (χ2v) is 5.40. The highest BCUT2D eigenvalue weighted by Gasteiger charge is 2.16. The molecule has 6 nitrogen and oxygen atoms in total. The minimum absolute atomic E-state index is 0.0875. The molecule has 7 heteroatoms. The molecule has 0 saturated carbocycles. The quantitative estimate of drug-likeness (QED) is 0.810. The molecule has 0 aromatic heterocycles. The first-order valence-corrected chi connectivity index (χ1v) is 7.38. The van der Waals surface area contributed by atoms with E-state index >= 15 is 0 Å². The molecule has 0 radical (unpaired) electrons. The van der Waals surface area contributed by atoms with Gasteiger partial charge in [0.2, 0.25) is 0 Å². The van der Waals surface area contributed by atoms with Gasteiger partial charge in [-0.05, 0) is 42.8 Å². The van der Waals surface area contributed by atoms with Crippen molar-refractivity contribution in [3.05, 3.63) is 52.5 Å². The fourth-order valence-corrected chi connectivity index (χ4v) is 2.20. The van der Waals surface area contributed by atoms with Crippen LogP contribution in [0.3, 0.4) is 0 Å². The Kier molecular flexibility index (Phi) is 5.65. The molecule has 0 aliphatic heterocycles. The molecule has 0 heterocycles. The number of methoxy groups -OCH3 is 1. The number of aryl methyl sites for hydroxylation is 1. The van der Waals surface area contributed by atoms with E-state index in [1.54, 1.807) is 18.2 Å². The SMILES string of the molecule is COc1ccc(O)c(C(=O)OCC(=O)Nc2ccc(C)cc2Cl)c1. The molecule has 2 N–H and O–H groups in total. The summed E-state index contributed by atoms with van der Waals surface area (Å²) < 4.78 is 9.87. The van der Waals surface area contributed by atoms with Crippen LogP contribution < -0.4 is 10.1 Å². The number of benzene rings is 2. The maximum Gasteiger partial charge on any atom is 0.342 e. The molecule has 1 amide bonds. The van der Waals surface area contributed by atoms with Gasteiger partial charge in [0.1, 0.15) is 17.1 Å². The highest BCUT2D eigenvalue weighted by atomic mass is 35.5. The number of hydrogen-bond acceptors (Lipinski definition) is 5. The van der Waals surface area contributed by atoms with Crippen molar-refractivity contribution in [3.63, 3.8) is 0 Å². The lowest BCUT2D eigenvalue weighted by molar-refractivity contribution is -0.119. The van der Waals surface area contributed by atoms with Gasteiger partial charge in [0.15, 0.2) is 6.61 Å². The van der Waals surface area contributed by atoms with Crippen LogP contribution in [0.15, 0.2) is 36.4 Å². The number of halogens is 1. The minimum Gasteiger partial charge on any atom is -0.507 e. The van der Waals surface area contributed by atoms with Gasteiger partial charge in [0.25, 0.3) is 5.91 Å². The van der Waals surface area contributed by atoms with E-state index in [0.717, 1.165) is 5.56 Å². The first-order chi connectivity index (χ1) is 11.4. The number of hydrogen-bond donors (Lipinski definition) is 2. The minimum atomic E-state index is -0.837. The Balaban J connectivity index is 1.97. The number of esters is 1. The van der Waals surface area contributed by atoms with Crippen LogP contribution in [-0.4, -0.2) is 30.7 Å². The van der Waals surface area contributed by atoms with E-state index in [4.69, 9.17) is 21.1 Å². The second kappa shape index (κ2) is 7.70. The Morgan fingerprint density at radius 1 is 1.21 bits per heavy atom. The predicted molar refractivity (Wildman–Crippen MR) is 89.8 cm³/mol. The molecule has 2 aromatic rings. The monoisotopic (exact) mass is 349 g/mol. The zero-order valence-corrected chi connectivity index (χ0v) is 13.9. The average Bonchev–Trinajstić information content (AvgIpc) is 2.55. The zero-order valence-electron chi connectivity index (χ0n) is 13.1. The van der Waals surface area contributed by atoms with Crippen molar-refractivity contribution in [3.8, 4) is 11.5 Å². The topological polar surface area (TPSA) is 84.9 Å². The number of anilines is 1. The summed E-state index contributed by atoms with van der Waals surface area (Å²) in [7, 11) is 1.43. The number of phenols is 1. The number of nitrogens with one attached hydrogen (secondary N) is 1. The van der Waals surface area contributed by atoms with Gasteiger partial charge >= 0.3 is 5.97 Å². The lowest BCUT2D eigenvalue weighted by Crippen LogP contribution is -2.21. The summed E-state index contributed by atoms with van der Waals surface area (Å²) in [6, 6.07) is 9.29. The van der Waals surface area contributed by atoms with Crippen molar-refractivity contribution in [2.24, 2.45) is 0 Å². The maximum absolute atomic E-state index is 12.0. The van der Waals surface area contributed by atoms with Crippen LogP contribution in [0.25, 0.3) is 0 Å². The van der Waals surface area contributed by atoms with Crippen LogP contribution in [0.2, 0.25) is 5.02 Å². The summed E-state index contributed by atoms with van der Waals surface area (Å²) in [6.45, 7) is 1.36. The molecule has 0 atom stereocenters. The number of amides is 1. The standard InChI is InChI=1S/C17H16ClNO5/c1-10-3-5-14(13(18)7-10)19-16(21)9-24-17(22)12-8-11(23-2)4-6-15(12)20/h3-8,20H,9H2,1-2H3,(H,19,21). The summed E-state index contributed by atoms with van der Waals surface area (Å²) in [4.78, 5) is 23.8. The average molecular weight is 350 g/mol. The highest BCUT2D eigenvalue weighted by Crippen LogP contribution is 2.24. The number of carbonyl (C=O) groups is 2. The van der Waals surface area contributed by atoms with Gasteiger partial charge in [0.05, 0.1) is 17.8 Å². The third kappa shape index (κ3) is 4.39. The van der Waals surface area contributed by atoms with Gasteiger partial charge in [-0.3, -0.25) is 4.79 Å². The van der Waals surface area contributed by atoms with Crippen molar-refractivity contribution in [1.29, 1.82) is 0 Å². The number of carbonyl (C=O) groups excluding carboxylic acids is 2. The van der Waals surface area contributed by atoms with Crippen molar-refractivity contribution >= 4 is 29.2 Å². The fourth-order valence-electron chi connectivity index (χ4n) is 1.92. The Morgan fingerprint density at radius 3 is 2.62 bits per heavy atom. The van der Waals surface area contributed by atoms with E-state index in [9.17, 15) is 14.7 Å². The largest absolute Gasteiger partial charge is 0.507 e. The van der Waals surface area contributed by atoms with Crippen molar-refractivity contribution < 1.29 is 24.2 Å². The first kappa shape index (κ1) is 17.6. The molecule has 0 fully saturated rings. The van der Waals surface area contributed by atoms with Crippen molar-refractivity contribution in [1.82, 2.24) is 0 Å². The van der Waals surface area contributed by atoms with Gasteiger partial charge in [0, 0.05) is 0 Å². The number of ether oxygens (including phenoxy) is 2. The number of phenolic OH excluding ortho intramolecular Hbond substituents is 1. The van der Waals surface area contributed by atoms with Gasteiger partial charge in [-0.2, -0.15) is 0 Å². The van der Waals surface area contributed by atoms with Gasteiger partial charge < -0.3 is 19.9 Å². The van der Waals surface area contributed by atoms with Crippen LogP contribution in [0, 0.1) is 6.92 Å². The normalized spacial score (nSPS) is 10.1. The number of aromatic hydroxyl groups is 1. The van der Waals surface area contributed by atoms with Crippen LogP contribution in [0.5, 0.6) is 11.5 Å². The Labute approximate surface area is 144 Å². The van der Waals surface area contributed by atoms with E-state index in [2.05, 4.69) is 5.32 Å².